The molecule has 20 heavy (non-hydrogen) atoms. The Labute approximate surface area is 128 Å². The first-order valence-electron chi connectivity index (χ1n) is 6.22. The van der Waals surface area contributed by atoms with Crippen LogP contribution in [0.5, 0.6) is 0 Å². The molecule has 0 saturated heterocycles. The van der Waals surface area contributed by atoms with Gasteiger partial charge in [-0.05, 0) is 17.5 Å². The van der Waals surface area contributed by atoms with Crippen LogP contribution < -0.4 is 0 Å². The van der Waals surface area contributed by atoms with Crippen molar-refractivity contribution in [2.24, 2.45) is 7.05 Å². The highest BCUT2D eigenvalue weighted by Crippen LogP contribution is 2.22. The average molecular weight is 333 g/mol. The highest BCUT2D eigenvalue weighted by Gasteiger charge is 2.25. The molecule has 2 heterocycles. The second-order valence-electron chi connectivity index (χ2n) is 4.42. The zero-order valence-corrected chi connectivity index (χ0v) is 13.8. The number of rotatable bonds is 6. The number of aryl methyl sites for hydroxylation is 1. The fourth-order valence-corrected chi connectivity index (χ4v) is 4.53. The Hall–Kier alpha value is -0.820. The van der Waals surface area contributed by atoms with E-state index in [2.05, 4.69) is 0 Å². The Kier molecular flexibility index (Phi) is 4.90. The number of thiophene rings is 1. The van der Waals surface area contributed by atoms with Crippen molar-refractivity contribution in [2.75, 3.05) is 6.54 Å². The summed E-state index contributed by atoms with van der Waals surface area (Å²) in [5, 5.41) is 1.95. The summed E-state index contributed by atoms with van der Waals surface area (Å²) in [6.07, 6.45) is 1.62. The van der Waals surface area contributed by atoms with E-state index in [0.717, 1.165) is 10.6 Å². The molecule has 0 spiro atoms. The minimum Gasteiger partial charge on any atom is -0.352 e. The quantitative estimate of drug-likeness (QED) is 0.763. The fraction of sp³-hybridized carbons (Fsp3) is 0.385. The molecule has 0 atom stereocenters. The van der Waals surface area contributed by atoms with Gasteiger partial charge in [0.15, 0.2) is 0 Å². The average Bonchev–Trinajstić information content (AvgIpc) is 3.04. The second kappa shape index (κ2) is 6.30. The molecule has 110 valence electrons. The van der Waals surface area contributed by atoms with Crippen LogP contribution in [0, 0.1) is 0 Å². The molecule has 0 aromatic carbocycles. The van der Waals surface area contributed by atoms with E-state index in [0.29, 0.717) is 23.9 Å². The van der Waals surface area contributed by atoms with Gasteiger partial charge in [-0.25, -0.2) is 8.42 Å². The summed E-state index contributed by atoms with van der Waals surface area (Å²) in [4.78, 5) is 1.33. The lowest BCUT2D eigenvalue weighted by atomic mass is 10.4. The molecule has 0 aliphatic heterocycles. The maximum Gasteiger partial charge on any atom is 0.244 e. The van der Waals surface area contributed by atoms with E-state index in [1.165, 1.54) is 4.31 Å². The number of nitrogens with zero attached hydrogens (tertiary/aromatic N) is 2. The van der Waals surface area contributed by atoms with E-state index in [4.69, 9.17) is 11.6 Å². The van der Waals surface area contributed by atoms with Gasteiger partial charge in [0.2, 0.25) is 10.0 Å². The molecular formula is C13H17ClN2O2S2. The Morgan fingerprint density at radius 2 is 2.20 bits per heavy atom. The molecule has 7 heteroatoms. The maximum atomic E-state index is 12.6. The second-order valence-corrected chi connectivity index (χ2v) is 7.66. The van der Waals surface area contributed by atoms with E-state index < -0.39 is 10.0 Å². The Balaban J connectivity index is 2.31. The summed E-state index contributed by atoms with van der Waals surface area (Å²) < 4.78 is 28.5. The van der Waals surface area contributed by atoms with E-state index in [1.807, 2.05) is 24.4 Å². The standard InChI is InChI=1S/C13H17ClN2O2S2/c1-3-16(9-12-5-4-6-19-12)20(17,18)13-7-11(8-14)15(2)10-13/h4-7,10H,3,8-9H2,1-2H3. The van der Waals surface area contributed by atoms with Gasteiger partial charge >= 0.3 is 0 Å². The lowest BCUT2D eigenvalue weighted by molar-refractivity contribution is 0.426. The molecule has 4 nitrogen and oxygen atoms in total. The Bertz CT molecular complexity index is 663. The van der Waals surface area contributed by atoms with Gasteiger partial charge in [0.1, 0.15) is 4.90 Å². The number of alkyl halides is 1. The highest BCUT2D eigenvalue weighted by atomic mass is 35.5. The van der Waals surface area contributed by atoms with Crippen LogP contribution in [0.1, 0.15) is 17.5 Å². The van der Waals surface area contributed by atoms with Crippen LogP contribution in [0.25, 0.3) is 0 Å². The topological polar surface area (TPSA) is 42.3 Å². The minimum absolute atomic E-state index is 0.295. The first kappa shape index (κ1) is 15.6. The third kappa shape index (κ3) is 3.09. The molecular weight excluding hydrogens is 316 g/mol. The summed E-state index contributed by atoms with van der Waals surface area (Å²) in [6, 6.07) is 5.51. The van der Waals surface area contributed by atoms with Gasteiger partial charge < -0.3 is 4.57 Å². The molecule has 2 aromatic heterocycles. The fourth-order valence-electron chi connectivity index (χ4n) is 1.94. The van der Waals surface area contributed by atoms with E-state index in [-0.39, 0.29) is 0 Å². The lowest BCUT2D eigenvalue weighted by Gasteiger charge is -2.18. The van der Waals surface area contributed by atoms with Gasteiger partial charge in [-0.3, -0.25) is 0 Å². The van der Waals surface area contributed by atoms with Crippen LogP contribution in [0.4, 0.5) is 0 Å². The van der Waals surface area contributed by atoms with Gasteiger partial charge in [-0.2, -0.15) is 4.31 Å². The largest absolute Gasteiger partial charge is 0.352 e. The molecule has 0 saturated carbocycles. The van der Waals surface area contributed by atoms with Crippen LogP contribution >= 0.6 is 22.9 Å². The predicted octanol–water partition coefficient (Wildman–Crippen LogP) is 3.04. The first-order valence-corrected chi connectivity index (χ1v) is 9.08. The van der Waals surface area contributed by atoms with Crippen molar-refractivity contribution in [1.29, 1.82) is 0 Å². The van der Waals surface area contributed by atoms with Gasteiger partial charge in [-0.1, -0.05) is 13.0 Å². The van der Waals surface area contributed by atoms with Crippen molar-refractivity contribution in [2.45, 2.75) is 24.2 Å². The molecule has 0 unspecified atom stereocenters. The number of hydrogen-bond donors (Lipinski definition) is 0. The highest BCUT2D eigenvalue weighted by molar-refractivity contribution is 7.89. The Morgan fingerprint density at radius 3 is 2.70 bits per heavy atom. The van der Waals surface area contributed by atoms with Gasteiger partial charge in [0.25, 0.3) is 0 Å². The normalized spacial score (nSPS) is 12.2. The van der Waals surface area contributed by atoms with Gasteiger partial charge in [0.05, 0.1) is 5.88 Å². The first-order chi connectivity index (χ1) is 9.48. The molecule has 0 fully saturated rings. The molecule has 2 rings (SSSR count). The Morgan fingerprint density at radius 1 is 1.45 bits per heavy atom. The third-order valence-electron chi connectivity index (χ3n) is 3.12. The molecule has 2 aromatic rings. The van der Waals surface area contributed by atoms with Crippen LogP contribution in [-0.4, -0.2) is 23.8 Å². The van der Waals surface area contributed by atoms with Crippen LogP contribution in [-0.2, 0) is 29.5 Å². The smallest absolute Gasteiger partial charge is 0.244 e. The zero-order chi connectivity index (χ0) is 14.8. The van der Waals surface area contributed by atoms with Crippen LogP contribution in [0.15, 0.2) is 34.7 Å². The van der Waals surface area contributed by atoms with Gasteiger partial charge in [-0.15, -0.1) is 22.9 Å². The van der Waals surface area contributed by atoms with E-state index >= 15 is 0 Å². The number of sulfonamides is 1. The molecule has 0 amide bonds. The number of aromatic nitrogens is 1. The van der Waals surface area contributed by atoms with E-state index in [1.54, 1.807) is 35.2 Å². The molecule has 0 radical (unpaired) electrons. The van der Waals surface area contributed by atoms with Crippen molar-refractivity contribution in [3.05, 3.63) is 40.3 Å². The minimum atomic E-state index is -3.48. The van der Waals surface area contributed by atoms with Crippen LogP contribution in [0.3, 0.4) is 0 Å². The molecule has 0 bridgehead atoms. The SMILES string of the molecule is CCN(Cc1cccs1)S(=O)(=O)c1cc(CCl)n(C)c1. The summed E-state index contributed by atoms with van der Waals surface area (Å²) in [5.74, 6) is 0.295. The summed E-state index contributed by atoms with van der Waals surface area (Å²) >= 11 is 7.35. The van der Waals surface area contributed by atoms with Crippen molar-refractivity contribution in [3.8, 4) is 0 Å². The molecule has 0 N–H and O–H groups in total. The maximum absolute atomic E-state index is 12.6. The van der Waals surface area contributed by atoms with E-state index in [9.17, 15) is 8.42 Å². The van der Waals surface area contributed by atoms with Crippen molar-refractivity contribution in [3.63, 3.8) is 0 Å². The monoisotopic (exact) mass is 332 g/mol. The summed E-state index contributed by atoms with van der Waals surface area (Å²) in [5.41, 5.74) is 0.789. The molecule has 0 aliphatic rings. The van der Waals surface area contributed by atoms with Crippen molar-refractivity contribution >= 4 is 33.0 Å². The van der Waals surface area contributed by atoms with Crippen molar-refractivity contribution < 1.29 is 8.42 Å². The number of halogens is 1. The summed E-state index contributed by atoms with van der Waals surface area (Å²) in [7, 11) is -1.68. The number of hydrogen-bond acceptors (Lipinski definition) is 3. The zero-order valence-electron chi connectivity index (χ0n) is 11.4. The van der Waals surface area contributed by atoms with Crippen molar-refractivity contribution in [1.82, 2.24) is 8.87 Å². The third-order valence-corrected chi connectivity index (χ3v) is 6.14. The lowest BCUT2D eigenvalue weighted by Crippen LogP contribution is -2.29. The summed E-state index contributed by atoms with van der Waals surface area (Å²) in [6.45, 7) is 2.68. The predicted molar refractivity (Wildman–Crippen MR) is 82.6 cm³/mol. The van der Waals surface area contributed by atoms with Crippen LogP contribution in [0.2, 0.25) is 0 Å². The van der Waals surface area contributed by atoms with Gasteiger partial charge in [0, 0.05) is 36.9 Å². The molecule has 0 aliphatic carbocycles.